The number of benzene rings is 1. The Morgan fingerprint density at radius 3 is 2.59 bits per heavy atom. The highest BCUT2D eigenvalue weighted by atomic mass is 16.3. The first-order valence-corrected chi connectivity index (χ1v) is 9.56. The maximum absolute atomic E-state index is 12.7. The van der Waals surface area contributed by atoms with Gasteiger partial charge in [0.2, 0.25) is 5.91 Å². The van der Waals surface area contributed by atoms with Crippen molar-refractivity contribution in [2.75, 3.05) is 6.61 Å². The molecule has 1 amide bonds. The first kappa shape index (κ1) is 19.3. The van der Waals surface area contributed by atoms with Gasteiger partial charge in [0.15, 0.2) is 0 Å². The lowest BCUT2D eigenvalue weighted by molar-refractivity contribution is -0.123. The smallest absolute Gasteiger partial charge is 0.254 e. The number of amides is 1. The molecule has 0 unspecified atom stereocenters. The van der Waals surface area contributed by atoms with Crippen LogP contribution in [0.3, 0.4) is 0 Å². The third kappa shape index (κ3) is 4.63. The highest BCUT2D eigenvalue weighted by Crippen LogP contribution is 2.34. The highest BCUT2D eigenvalue weighted by Gasteiger charge is 2.43. The number of nitrogens with one attached hydrogen (secondary N) is 1. The molecule has 27 heavy (non-hydrogen) atoms. The minimum absolute atomic E-state index is 0.0685. The molecule has 144 valence electrons. The first-order chi connectivity index (χ1) is 13.0. The lowest BCUT2D eigenvalue weighted by Crippen LogP contribution is -2.43. The van der Waals surface area contributed by atoms with E-state index < -0.39 is 5.54 Å². The van der Waals surface area contributed by atoms with Gasteiger partial charge in [-0.15, -0.1) is 0 Å². The molecule has 2 aromatic rings. The molecule has 1 fully saturated rings. The molecule has 0 spiro atoms. The average molecular weight is 369 g/mol. The minimum atomic E-state index is -0.487. The second-order valence-corrected chi connectivity index (χ2v) is 7.44. The van der Waals surface area contributed by atoms with Crippen LogP contribution in [0, 0.1) is 6.92 Å². The molecule has 1 saturated carbocycles. The fraction of sp³-hybridized carbons (Fsp3) is 0.476. The lowest BCUT2D eigenvalue weighted by Gasteiger charge is -2.17. The molecule has 0 bridgehead atoms. The van der Waals surface area contributed by atoms with E-state index in [2.05, 4.69) is 17.2 Å². The highest BCUT2D eigenvalue weighted by molar-refractivity contribution is 5.77. The number of aliphatic hydroxyl groups is 1. The number of carbonyl (C=O) groups excluding carboxylic acids is 1. The summed E-state index contributed by atoms with van der Waals surface area (Å²) >= 11 is 0. The van der Waals surface area contributed by atoms with Crippen molar-refractivity contribution in [1.29, 1.82) is 0 Å². The van der Waals surface area contributed by atoms with Gasteiger partial charge in [-0.1, -0.05) is 43.2 Å². The van der Waals surface area contributed by atoms with Gasteiger partial charge in [-0.2, -0.15) is 0 Å². The van der Waals surface area contributed by atoms with Crippen molar-refractivity contribution >= 4 is 5.91 Å². The van der Waals surface area contributed by atoms with E-state index in [0.717, 1.165) is 36.8 Å². The topological polar surface area (TPSA) is 84.2 Å². The van der Waals surface area contributed by atoms with Crippen molar-refractivity contribution in [2.24, 2.45) is 0 Å². The Morgan fingerprint density at radius 2 is 2.00 bits per heavy atom. The molecule has 0 radical (unpaired) electrons. The van der Waals surface area contributed by atoms with Crippen molar-refractivity contribution in [3.8, 4) is 11.3 Å². The molecule has 1 aromatic carbocycles. The molecule has 6 nitrogen and oxygen atoms in total. The molecule has 1 heterocycles. The van der Waals surface area contributed by atoms with Crippen LogP contribution in [0.5, 0.6) is 0 Å². The Bertz CT molecular complexity index is 867. The summed E-state index contributed by atoms with van der Waals surface area (Å²) in [5.41, 5.74) is 1.96. The van der Waals surface area contributed by atoms with Crippen LogP contribution < -0.4 is 10.9 Å². The number of hydrogen-bond donors (Lipinski definition) is 2. The number of hydrogen-bond acceptors (Lipinski definition) is 4. The van der Waals surface area contributed by atoms with Crippen LogP contribution in [0.1, 0.15) is 44.0 Å². The fourth-order valence-corrected chi connectivity index (χ4v) is 3.07. The van der Waals surface area contributed by atoms with E-state index in [1.54, 1.807) is 0 Å². The maximum Gasteiger partial charge on any atom is 0.254 e. The zero-order chi connectivity index (χ0) is 19.4. The van der Waals surface area contributed by atoms with Crippen molar-refractivity contribution in [3.05, 3.63) is 52.1 Å². The number of unbranched alkanes of at least 4 members (excludes halogenated alkanes) is 1. The Balaban J connectivity index is 1.88. The molecular weight excluding hydrogens is 342 g/mol. The van der Waals surface area contributed by atoms with Gasteiger partial charge >= 0.3 is 0 Å². The van der Waals surface area contributed by atoms with Gasteiger partial charge in [-0.05, 0) is 26.2 Å². The summed E-state index contributed by atoms with van der Waals surface area (Å²) in [7, 11) is 0. The number of aryl methyl sites for hydroxylation is 2. The normalized spacial score (nSPS) is 14.8. The van der Waals surface area contributed by atoms with E-state index in [-0.39, 0.29) is 24.6 Å². The quantitative estimate of drug-likeness (QED) is 0.747. The Labute approximate surface area is 159 Å². The summed E-state index contributed by atoms with van der Waals surface area (Å²) in [6.07, 6.45) is 4.06. The molecule has 3 rings (SSSR count). The second-order valence-electron chi connectivity index (χ2n) is 7.44. The number of rotatable bonds is 8. The predicted octanol–water partition coefficient (Wildman–Crippen LogP) is 2.20. The minimum Gasteiger partial charge on any atom is -0.394 e. The number of carbonyl (C=O) groups is 1. The molecule has 2 N–H and O–H groups in total. The van der Waals surface area contributed by atoms with Gasteiger partial charge in [0.1, 0.15) is 12.4 Å². The van der Waals surface area contributed by atoms with E-state index >= 15 is 0 Å². The van der Waals surface area contributed by atoms with Crippen LogP contribution in [0.15, 0.2) is 35.1 Å². The van der Waals surface area contributed by atoms with E-state index in [1.165, 1.54) is 10.6 Å². The van der Waals surface area contributed by atoms with Crippen molar-refractivity contribution < 1.29 is 9.90 Å². The van der Waals surface area contributed by atoms with Crippen molar-refractivity contribution in [1.82, 2.24) is 14.9 Å². The van der Waals surface area contributed by atoms with Crippen LogP contribution in [0.4, 0.5) is 0 Å². The number of aliphatic hydroxyl groups excluding tert-OH is 1. The third-order valence-electron chi connectivity index (χ3n) is 5.05. The molecule has 6 heteroatoms. The fourth-order valence-electron chi connectivity index (χ4n) is 3.07. The van der Waals surface area contributed by atoms with Crippen LogP contribution in [-0.4, -0.2) is 32.7 Å². The van der Waals surface area contributed by atoms with Crippen LogP contribution in [-0.2, 0) is 17.8 Å². The van der Waals surface area contributed by atoms with E-state index in [9.17, 15) is 14.7 Å². The monoisotopic (exact) mass is 369 g/mol. The molecule has 1 aliphatic carbocycles. The molecular formula is C21H27N3O3. The second kappa shape index (κ2) is 8.05. The maximum atomic E-state index is 12.7. The molecule has 0 saturated heterocycles. The molecule has 1 aromatic heterocycles. The molecule has 0 atom stereocenters. The largest absolute Gasteiger partial charge is 0.394 e. The zero-order valence-corrected chi connectivity index (χ0v) is 16.0. The zero-order valence-electron chi connectivity index (χ0n) is 16.0. The molecule has 1 aliphatic rings. The van der Waals surface area contributed by atoms with Crippen molar-refractivity contribution in [2.45, 2.75) is 58.0 Å². The van der Waals surface area contributed by atoms with E-state index in [0.29, 0.717) is 17.9 Å². The summed E-state index contributed by atoms with van der Waals surface area (Å²) in [5.74, 6) is 0.371. The summed E-state index contributed by atoms with van der Waals surface area (Å²) in [6, 6.07) is 9.38. The van der Waals surface area contributed by atoms with Gasteiger partial charge in [-0.25, -0.2) is 4.98 Å². The Hall–Kier alpha value is -2.47. The summed E-state index contributed by atoms with van der Waals surface area (Å²) in [6.45, 7) is 3.96. The van der Waals surface area contributed by atoms with Gasteiger partial charge < -0.3 is 10.4 Å². The number of nitrogens with zero attached hydrogens (tertiary/aromatic N) is 2. The third-order valence-corrected chi connectivity index (χ3v) is 5.05. The molecule has 0 aliphatic heterocycles. The Morgan fingerprint density at radius 1 is 1.30 bits per heavy atom. The van der Waals surface area contributed by atoms with Gasteiger partial charge in [0.05, 0.1) is 17.8 Å². The SMILES string of the molecule is CCCCc1nc(-c2ccc(C)cc2)cc(=O)n1CC(=O)NC1(CO)CC1. The lowest BCUT2D eigenvalue weighted by atomic mass is 10.1. The van der Waals surface area contributed by atoms with E-state index in [4.69, 9.17) is 0 Å². The van der Waals surface area contributed by atoms with Crippen LogP contribution in [0.25, 0.3) is 11.3 Å². The average Bonchev–Trinajstić information content (AvgIpc) is 3.42. The van der Waals surface area contributed by atoms with E-state index in [1.807, 2.05) is 31.2 Å². The number of aromatic nitrogens is 2. The van der Waals surface area contributed by atoms with Crippen LogP contribution >= 0.6 is 0 Å². The van der Waals surface area contributed by atoms with Gasteiger partial charge in [-0.3, -0.25) is 14.2 Å². The first-order valence-electron chi connectivity index (χ1n) is 9.56. The summed E-state index contributed by atoms with van der Waals surface area (Å²) in [4.78, 5) is 29.8. The standard InChI is InChI=1S/C21H27N3O3/c1-3-4-5-18-22-17(16-8-6-15(2)7-9-16)12-20(27)24(18)13-19(26)23-21(14-25)10-11-21/h6-9,12,25H,3-5,10-11,13-14H2,1-2H3,(H,23,26). The van der Waals surface area contributed by atoms with Crippen molar-refractivity contribution in [3.63, 3.8) is 0 Å². The van der Waals surface area contributed by atoms with Crippen LogP contribution in [0.2, 0.25) is 0 Å². The predicted molar refractivity (Wildman–Crippen MR) is 104 cm³/mol. The summed E-state index contributed by atoms with van der Waals surface area (Å²) in [5, 5.41) is 12.2. The summed E-state index contributed by atoms with van der Waals surface area (Å²) < 4.78 is 1.45. The Kier molecular flexibility index (Phi) is 5.75. The van der Waals surface area contributed by atoms with Gasteiger partial charge in [0.25, 0.3) is 5.56 Å². The van der Waals surface area contributed by atoms with Gasteiger partial charge in [0, 0.05) is 18.1 Å².